The van der Waals surface area contributed by atoms with Gasteiger partial charge in [-0.05, 0) is 25.8 Å². The first-order valence-corrected chi connectivity index (χ1v) is 9.39. The van der Waals surface area contributed by atoms with Gasteiger partial charge in [-0.1, -0.05) is 64.7 Å². The van der Waals surface area contributed by atoms with Gasteiger partial charge in [0.1, 0.15) is 0 Å². The molecule has 1 heterocycles. The summed E-state index contributed by atoms with van der Waals surface area (Å²) in [5.41, 5.74) is 0. The van der Waals surface area contributed by atoms with Crippen molar-refractivity contribution >= 4 is 0 Å². The molecule has 2 atom stereocenters. The SMILES string of the molecule is CCCCCCCCCCN1CCNC2CCCCC21. The van der Waals surface area contributed by atoms with Crippen molar-refractivity contribution in [3.8, 4) is 0 Å². The zero-order valence-electron chi connectivity index (χ0n) is 13.7. The number of nitrogens with zero attached hydrogens (tertiary/aromatic N) is 1. The van der Waals surface area contributed by atoms with E-state index < -0.39 is 0 Å². The highest BCUT2D eigenvalue weighted by atomic mass is 15.2. The van der Waals surface area contributed by atoms with Crippen molar-refractivity contribution in [2.75, 3.05) is 19.6 Å². The average molecular weight is 280 g/mol. The zero-order chi connectivity index (χ0) is 14.0. The molecule has 0 aromatic heterocycles. The van der Waals surface area contributed by atoms with Crippen LogP contribution in [0.5, 0.6) is 0 Å². The molecule has 1 aliphatic heterocycles. The lowest BCUT2D eigenvalue weighted by molar-refractivity contribution is 0.0863. The molecule has 20 heavy (non-hydrogen) atoms. The second kappa shape index (κ2) is 9.78. The van der Waals surface area contributed by atoms with Gasteiger partial charge in [0.25, 0.3) is 0 Å². The van der Waals surface area contributed by atoms with E-state index in [2.05, 4.69) is 17.1 Å². The summed E-state index contributed by atoms with van der Waals surface area (Å²) in [7, 11) is 0. The predicted octanol–water partition coefficient (Wildman–Crippen LogP) is 4.34. The molecule has 0 radical (unpaired) electrons. The molecule has 1 saturated heterocycles. The summed E-state index contributed by atoms with van der Waals surface area (Å²) in [6, 6.07) is 1.67. The Morgan fingerprint density at radius 2 is 1.60 bits per heavy atom. The van der Waals surface area contributed by atoms with Gasteiger partial charge >= 0.3 is 0 Å². The number of piperazine rings is 1. The lowest BCUT2D eigenvalue weighted by atomic mass is 9.87. The Morgan fingerprint density at radius 1 is 0.900 bits per heavy atom. The van der Waals surface area contributed by atoms with Gasteiger partial charge in [0.15, 0.2) is 0 Å². The molecular weight excluding hydrogens is 244 g/mol. The van der Waals surface area contributed by atoms with Gasteiger partial charge in [-0.25, -0.2) is 0 Å². The Labute approximate surface area is 126 Å². The second-order valence-electron chi connectivity index (χ2n) is 6.92. The topological polar surface area (TPSA) is 15.3 Å². The number of hydrogen-bond donors (Lipinski definition) is 1. The van der Waals surface area contributed by atoms with Crippen molar-refractivity contribution in [1.29, 1.82) is 0 Å². The van der Waals surface area contributed by atoms with Crippen molar-refractivity contribution in [3.05, 3.63) is 0 Å². The van der Waals surface area contributed by atoms with Gasteiger partial charge < -0.3 is 5.32 Å². The summed E-state index contributed by atoms with van der Waals surface area (Å²) in [5.74, 6) is 0. The lowest BCUT2D eigenvalue weighted by Crippen LogP contribution is -2.59. The van der Waals surface area contributed by atoms with Crippen LogP contribution in [-0.4, -0.2) is 36.6 Å². The molecule has 2 heteroatoms. The van der Waals surface area contributed by atoms with Gasteiger partial charge in [0.05, 0.1) is 0 Å². The van der Waals surface area contributed by atoms with Crippen LogP contribution in [0.4, 0.5) is 0 Å². The minimum Gasteiger partial charge on any atom is -0.311 e. The fraction of sp³-hybridized carbons (Fsp3) is 1.00. The highest BCUT2D eigenvalue weighted by Gasteiger charge is 2.32. The van der Waals surface area contributed by atoms with E-state index in [0.29, 0.717) is 0 Å². The van der Waals surface area contributed by atoms with Crippen LogP contribution in [0.15, 0.2) is 0 Å². The molecule has 1 N–H and O–H groups in total. The number of hydrogen-bond acceptors (Lipinski definition) is 2. The van der Waals surface area contributed by atoms with Crippen molar-refractivity contribution < 1.29 is 0 Å². The third-order valence-electron chi connectivity index (χ3n) is 5.30. The Morgan fingerprint density at radius 3 is 2.40 bits per heavy atom. The first kappa shape index (κ1) is 16.3. The normalized spacial score (nSPS) is 27.4. The van der Waals surface area contributed by atoms with Gasteiger partial charge in [-0.15, -0.1) is 0 Å². The molecule has 1 saturated carbocycles. The van der Waals surface area contributed by atoms with Crippen LogP contribution in [0, 0.1) is 0 Å². The van der Waals surface area contributed by atoms with Crippen molar-refractivity contribution in [1.82, 2.24) is 10.2 Å². The van der Waals surface area contributed by atoms with Crippen LogP contribution >= 0.6 is 0 Å². The molecule has 2 unspecified atom stereocenters. The van der Waals surface area contributed by atoms with E-state index in [1.807, 2.05) is 0 Å². The quantitative estimate of drug-likeness (QED) is 0.632. The number of unbranched alkanes of at least 4 members (excludes halogenated alkanes) is 7. The highest BCUT2D eigenvalue weighted by Crippen LogP contribution is 2.25. The van der Waals surface area contributed by atoms with E-state index in [1.54, 1.807) is 0 Å². The Kier molecular flexibility index (Phi) is 7.97. The first-order chi connectivity index (χ1) is 9.92. The second-order valence-corrected chi connectivity index (χ2v) is 6.92. The molecule has 0 aromatic rings. The summed E-state index contributed by atoms with van der Waals surface area (Å²) in [6.45, 7) is 6.17. The Bertz CT molecular complexity index is 240. The molecule has 0 amide bonds. The number of fused-ring (bicyclic) bond motifs is 1. The first-order valence-electron chi connectivity index (χ1n) is 9.39. The number of nitrogens with one attached hydrogen (secondary N) is 1. The molecule has 0 spiro atoms. The maximum atomic E-state index is 3.74. The zero-order valence-corrected chi connectivity index (χ0v) is 13.7. The third kappa shape index (κ3) is 5.37. The predicted molar refractivity (Wildman–Crippen MR) is 88.2 cm³/mol. The summed E-state index contributed by atoms with van der Waals surface area (Å²) < 4.78 is 0. The summed E-state index contributed by atoms with van der Waals surface area (Å²) in [4.78, 5) is 2.80. The molecule has 2 fully saturated rings. The molecule has 1 aliphatic carbocycles. The Hall–Kier alpha value is -0.0800. The van der Waals surface area contributed by atoms with E-state index >= 15 is 0 Å². The van der Waals surface area contributed by atoms with Crippen LogP contribution < -0.4 is 5.32 Å². The Balaban J connectivity index is 1.52. The molecule has 2 aliphatic rings. The summed E-state index contributed by atoms with van der Waals surface area (Å²) >= 11 is 0. The van der Waals surface area contributed by atoms with Gasteiger partial charge in [-0.3, -0.25) is 4.90 Å². The molecule has 0 aromatic carbocycles. The van der Waals surface area contributed by atoms with Crippen LogP contribution in [0.2, 0.25) is 0 Å². The van der Waals surface area contributed by atoms with Crippen molar-refractivity contribution in [3.63, 3.8) is 0 Å². The maximum Gasteiger partial charge on any atom is 0.0249 e. The van der Waals surface area contributed by atoms with Crippen LogP contribution in [-0.2, 0) is 0 Å². The molecule has 0 bridgehead atoms. The monoisotopic (exact) mass is 280 g/mol. The van der Waals surface area contributed by atoms with Crippen LogP contribution in [0.3, 0.4) is 0 Å². The highest BCUT2D eigenvalue weighted by molar-refractivity contribution is 4.91. The minimum absolute atomic E-state index is 0.812. The fourth-order valence-corrected chi connectivity index (χ4v) is 4.07. The smallest absolute Gasteiger partial charge is 0.0249 e. The minimum atomic E-state index is 0.812. The maximum absolute atomic E-state index is 3.74. The molecule has 2 rings (SSSR count). The molecule has 118 valence electrons. The van der Waals surface area contributed by atoms with Crippen LogP contribution in [0.1, 0.15) is 84.0 Å². The summed E-state index contributed by atoms with van der Waals surface area (Å²) in [6.07, 6.45) is 17.3. The number of rotatable bonds is 9. The van der Waals surface area contributed by atoms with E-state index in [4.69, 9.17) is 0 Å². The fourth-order valence-electron chi connectivity index (χ4n) is 4.07. The van der Waals surface area contributed by atoms with Gasteiger partial charge in [0.2, 0.25) is 0 Å². The van der Waals surface area contributed by atoms with E-state index in [-0.39, 0.29) is 0 Å². The van der Waals surface area contributed by atoms with Crippen molar-refractivity contribution in [2.24, 2.45) is 0 Å². The van der Waals surface area contributed by atoms with Crippen LogP contribution in [0.25, 0.3) is 0 Å². The standard InChI is InChI=1S/C18H36N2/c1-2-3-4-5-6-7-8-11-15-20-16-14-19-17-12-9-10-13-18(17)20/h17-19H,2-16H2,1H3. The van der Waals surface area contributed by atoms with Gasteiger partial charge in [-0.2, -0.15) is 0 Å². The van der Waals surface area contributed by atoms with E-state index in [1.165, 1.54) is 96.7 Å². The lowest BCUT2D eigenvalue weighted by Gasteiger charge is -2.44. The van der Waals surface area contributed by atoms with Gasteiger partial charge in [0, 0.05) is 25.2 Å². The average Bonchev–Trinajstić information content (AvgIpc) is 2.50. The molecule has 2 nitrogen and oxygen atoms in total. The third-order valence-corrected chi connectivity index (χ3v) is 5.30. The van der Waals surface area contributed by atoms with E-state index in [9.17, 15) is 0 Å². The largest absolute Gasteiger partial charge is 0.311 e. The van der Waals surface area contributed by atoms with E-state index in [0.717, 1.165) is 12.1 Å². The summed E-state index contributed by atoms with van der Waals surface area (Å²) in [5, 5.41) is 3.74. The molecular formula is C18H36N2. The van der Waals surface area contributed by atoms with Crippen molar-refractivity contribution in [2.45, 2.75) is 96.1 Å².